The van der Waals surface area contributed by atoms with Crippen LogP contribution in [0.1, 0.15) is 45.6 Å². The number of hydrogen-bond donors (Lipinski definition) is 0. The van der Waals surface area contributed by atoms with Gasteiger partial charge in [0.05, 0.1) is 11.7 Å². The van der Waals surface area contributed by atoms with Crippen LogP contribution in [0.3, 0.4) is 0 Å². The third kappa shape index (κ3) is 4.31. The molecule has 5 rings (SSSR count). The summed E-state index contributed by atoms with van der Waals surface area (Å²) in [6, 6.07) is 7.57. The van der Waals surface area contributed by atoms with Crippen molar-refractivity contribution in [3.05, 3.63) is 62.5 Å². The van der Waals surface area contributed by atoms with Crippen molar-refractivity contribution in [1.82, 2.24) is 19.4 Å². The maximum Gasteiger partial charge on any atom is 0.262 e. The first-order valence-corrected chi connectivity index (χ1v) is 12.5. The lowest BCUT2D eigenvalue weighted by Gasteiger charge is -2.35. The largest absolute Gasteiger partial charge is 0.339 e. The number of aryl methyl sites for hydroxylation is 4. The van der Waals surface area contributed by atoms with Crippen LogP contribution in [0, 0.1) is 6.92 Å². The predicted molar refractivity (Wildman–Crippen MR) is 129 cm³/mol. The standard InChI is InChI=1S/C25H28N4O3S/c1-17-6-8-18(9-7-17)24(31)28-14-12-27(13-15-28)21(30)10-11-29-16-26-23-22(25(29)32)19-4-2-3-5-20(19)33-23/h6-9,16H,2-5,10-15H2,1H3. The summed E-state index contributed by atoms with van der Waals surface area (Å²) in [6.45, 7) is 4.39. The molecule has 0 spiro atoms. The predicted octanol–water partition coefficient (Wildman–Crippen LogP) is 3.02. The van der Waals surface area contributed by atoms with Crippen LogP contribution in [-0.4, -0.2) is 57.3 Å². The normalized spacial score (nSPS) is 16.2. The molecule has 2 amide bonds. The molecule has 7 nitrogen and oxygen atoms in total. The Kier molecular flexibility index (Phi) is 6.01. The summed E-state index contributed by atoms with van der Waals surface area (Å²) in [7, 11) is 0. The summed E-state index contributed by atoms with van der Waals surface area (Å²) < 4.78 is 1.58. The van der Waals surface area contributed by atoms with Crippen LogP contribution in [0.15, 0.2) is 35.4 Å². The van der Waals surface area contributed by atoms with Crippen molar-refractivity contribution in [1.29, 1.82) is 0 Å². The summed E-state index contributed by atoms with van der Waals surface area (Å²) in [5.41, 5.74) is 2.95. The van der Waals surface area contributed by atoms with Gasteiger partial charge < -0.3 is 9.80 Å². The van der Waals surface area contributed by atoms with Gasteiger partial charge in [0.25, 0.3) is 11.5 Å². The molecular weight excluding hydrogens is 436 g/mol. The zero-order valence-electron chi connectivity index (χ0n) is 18.9. The van der Waals surface area contributed by atoms with E-state index in [4.69, 9.17) is 0 Å². The number of piperazine rings is 1. The van der Waals surface area contributed by atoms with Crippen molar-refractivity contribution in [2.45, 2.75) is 45.6 Å². The topological polar surface area (TPSA) is 75.5 Å². The fourth-order valence-corrected chi connectivity index (χ4v) is 5.97. The van der Waals surface area contributed by atoms with Gasteiger partial charge in [-0.2, -0.15) is 0 Å². The first kappa shape index (κ1) is 21.8. The molecule has 0 radical (unpaired) electrons. The van der Waals surface area contributed by atoms with Gasteiger partial charge >= 0.3 is 0 Å². The number of fused-ring (bicyclic) bond motifs is 3. The molecule has 0 saturated carbocycles. The van der Waals surface area contributed by atoms with Crippen LogP contribution >= 0.6 is 11.3 Å². The average Bonchev–Trinajstić information content (AvgIpc) is 3.23. The van der Waals surface area contributed by atoms with E-state index in [-0.39, 0.29) is 23.8 Å². The number of aromatic nitrogens is 2. The highest BCUT2D eigenvalue weighted by Crippen LogP contribution is 2.33. The number of nitrogens with zero attached hydrogens (tertiary/aromatic N) is 4. The number of hydrogen-bond acceptors (Lipinski definition) is 5. The van der Waals surface area contributed by atoms with Gasteiger partial charge in [0.1, 0.15) is 4.83 Å². The number of thiophene rings is 1. The van der Waals surface area contributed by atoms with Crippen molar-refractivity contribution < 1.29 is 9.59 Å². The van der Waals surface area contributed by atoms with Crippen LogP contribution in [0.4, 0.5) is 0 Å². The molecule has 1 fully saturated rings. The maximum atomic E-state index is 13.1. The number of benzene rings is 1. The first-order chi connectivity index (χ1) is 16.0. The lowest BCUT2D eigenvalue weighted by atomic mass is 9.97. The zero-order chi connectivity index (χ0) is 22.9. The minimum atomic E-state index is -0.0271. The van der Waals surface area contributed by atoms with Crippen molar-refractivity contribution in [3.63, 3.8) is 0 Å². The van der Waals surface area contributed by atoms with E-state index in [0.29, 0.717) is 38.3 Å². The molecule has 0 bridgehead atoms. The molecule has 8 heteroatoms. The molecule has 1 saturated heterocycles. The molecule has 33 heavy (non-hydrogen) atoms. The van der Waals surface area contributed by atoms with Crippen molar-refractivity contribution >= 4 is 33.4 Å². The van der Waals surface area contributed by atoms with E-state index in [2.05, 4.69) is 4.98 Å². The molecule has 0 unspecified atom stereocenters. The lowest BCUT2D eigenvalue weighted by Crippen LogP contribution is -2.50. The van der Waals surface area contributed by atoms with Crippen molar-refractivity contribution in [3.8, 4) is 0 Å². The molecule has 0 N–H and O–H groups in total. The Hall–Kier alpha value is -3.00. The van der Waals surface area contributed by atoms with Crippen molar-refractivity contribution in [2.75, 3.05) is 26.2 Å². The van der Waals surface area contributed by atoms with E-state index in [0.717, 1.165) is 35.0 Å². The third-order valence-corrected chi connectivity index (χ3v) is 7.93. The molecule has 3 heterocycles. The van der Waals surface area contributed by atoms with E-state index in [1.807, 2.05) is 31.2 Å². The highest BCUT2D eigenvalue weighted by atomic mass is 32.1. The summed E-state index contributed by atoms with van der Waals surface area (Å²) in [4.78, 5) is 48.8. The second-order valence-electron chi connectivity index (χ2n) is 8.92. The summed E-state index contributed by atoms with van der Waals surface area (Å²) >= 11 is 1.64. The zero-order valence-corrected chi connectivity index (χ0v) is 19.7. The monoisotopic (exact) mass is 464 g/mol. The van der Waals surface area contributed by atoms with Gasteiger partial charge in [-0.3, -0.25) is 19.0 Å². The van der Waals surface area contributed by atoms with Gasteiger partial charge in [-0.25, -0.2) is 4.98 Å². The molecule has 3 aromatic rings. The highest BCUT2D eigenvalue weighted by Gasteiger charge is 2.25. The fourth-order valence-electron chi connectivity index (χ4n) is 4.75. The van der Waals surface area contributed by atoms with Gasteiger partial charge in [0.15, 0.2) is 0 Å². The Morgan fingerprint density at radius 3 is 2.45 bits per heavy atom. The van der Waals surface area contributed by atoms with E-state index < -0.39 is 0 Å². The molecule has 1 aliphatic heterocycles. The Balaban J connectivity index is 1.19. The van der Waals surface area contributed by atoms with Crippen LogP contribution in [0.2, 0.25) is 0 Å². The average molecular weight is 465 g/mol. The Morgan fingerprint density at radius 1 is 1.00 bits per heavy atom. The second kappa shape index (κ2) is 9.09. The van der Waals surface area contributed by atoms with Gasteiger partial charge in [0.2, 0.25) is 5.91 Å². The molecule has 0 atom stereocenters. The minimum Gasteiger partial charge on any atom is -0.339 e. The number of rotatable bonds is 4. The van der Waals surface area contributed by atoms with E-state index >= 15 is 0 Å². The van der Waals surface area contributed by atoms with E-state index in [1.54, 1.807) is 32.0 Å². The van der Waals surface area contributed by atoms with Crippen LogP contribution in [0.25, 0.3) is 10.2 Å². The quantitative estimate of drug-likeness (QED) is 0.595. The third-order valence-electron chi connectivity index (χ3n) is 6.73. The van der Waals surface area contributed by atoms with Gasteiger partial charge in [-0.1, -0.05) is 17.7 Å². The van der Waals surface area contributed by atoms with Gasteiger partial charge in [0, 0.05) is 49.6 Å². The molecule has 172 valence electrons. The van der Waals surface area contributed by atoms with Crippen LogP contribution in [-0.2, 0) is 24.2 Å². The smallest absolute Gasteiger partial charge is 0.262 e. The molecular formula is C25H28N4O3S. The van der Waals surface area contributed by atoms with E-state index in [9.17, 15) is 14.4 Å². The van der Waals surface area contributed by atoms with Crippen molar-refractivity contribution in [2.24, 2.45) is 0 Å². The number of amides is 2. The Morgan fingerprint density at radius 2 is 1.70 bits per heavy atom. The maximum absolute atomic E-state index is 13.1. The number of carbonyl (C=O) groups excluding carboxylic acids is 2. The van der Waals surface area contributed by atoms with Gasteiger partial charge in [-0.05, 0) is 50.3 Å². The van der Waals surface area contributed by atoms with E-state index in [1.165, 1.54) is 16.9 Å². The SMILES string of the molecule is Cc1ccc(C(=O)N2CCN(C(=O)CCn3cnc4sc5c(c4c3=O)CCCC5)CC2)cc1. The lowest BCUT2D eigenvalue weighted by molar-refractivity contribution is -0.132. The molecule has 1 aliphatic carbocycles. The van der Waals surface area contributed by atoms with Crippen LogP contribution in [0.5, 0.6) is 0 Å². The highest BCUT2D eigenvalue weighted by molar-refractivity contribution is 7.18. The summed E-state index contributed by atoms with van der Waals surface area (Å²) in [6.07, 6.45) is 6.10. The second-order valence-corrected chi connectivity index (χ2v) is 10.0. The fraction of sp³-hybridized carbons (Fsp3) is 0.440. The number of carbonyl (C=O) groups is 2. The summed E-state index contributed by atoms with van der Waals surface area (Å²) in [5.74, 6) is 0.0175. The first-order valence-electron chi connectivity index (χ1n) is 11.6. The van der Waals surface area contributed by atoms with Gasteiger partial charge in [-0.15, -0.1) is 11.3 Å². The molecule has 2 aromatic heterocycles. The summed E-state index contributed by atoms with van der Waals surface area (Å²) in [5, 5.41) is 0.757. The molecule has 1 aromatic carbocycles. The Labute approximate surface area is 196 Å². The van der Waals surface area contributed by atoms with Crippen LogP contribution < -0.4 is 5.56 Å². The molecule has 2 aliphatic rings. The minimum absolute atomic E-state index is 0.00660. The Bertz CT molecular complexity index is 1250.